The second kappa shape index (κ2) is 11.0. The van der Waals surface area contributed by atoms with E-state index in [1.807, 2.05) is 13.8 Å². The summed E-state index contributed by atoms with van der Waals surface area (Å²) in [6.45, 7) is 4.59. The normalized spacial score (nSPS) is 11.0. The Kier molecular flexibility index (Phi) is 8.16. The zero-order chi connectivity index (χ0) is 24.0. The van der Waals surface area contributed by atoms with Gasteiger partial charge >= 0.3 is 5.69 Å². The average molecular weight is 474 g/mol. The summed E-state index contributed by atoms with van der Waals surface area (Å²) in [5.41, 5.74) is 5.18. The average Bonchev–Trinajstić information content (AvgIpc) is 3.27. The number of rotatable bonds is 10. The Bertz CT molecular complexity index is 1230. The van der Waals surface area contributed by atoms with Crippen LogP contribution >= 0.6 is 11.3 Å². The molecule has 33 heavy (non-hydrogen) atoms. The Hall–Kier alpha value is -3.27. The molecule has 10 heteroatoms. The highest BCUT2D eigenvalue weighted by Gasteiger charge is 2.26. The van der Waals surface area contributed by atoms with Crippen LogP contribution in [0.4, 0.5) is 15.9 Å². The molecule has 2 aromatic heterocycles. The molecular weight excluding hydrogens is 445 g/mol. The summed E-state index contributed by atoms with van der Waals surface area (Å²) in [5, 5.41) is 0.361. The number of nitrogens with zero attached hydrogens (tertiary/aromatic N) is 3. The number of anilines is 2. The SMILES string of the molecule is CCCCCN(C(=O)c1cnc(-c2ccccc2F)s1)c1c(N)n(CCCC)c(=O)[nH]c1=O. The lowest BCUT2D eigenvalue weighted by molar-refractivity contribution is 0.0989. The van der Waals surface area contributed by atoms with Gasteiger partial charge in [0, 0.05) is 18.7 Å². The van der Waals surface area contributed by atoms with Crippen molar-refractivity contribution < 1.29 is 9.18 Å². The predicted octanol–water partition coefficient (Wildman–Crippen LogP) is 4.02. The number of unbranched alkanes of at least 4 members (excludes halogenated alkanes) is 3. The van der Waals surface area contributed by atoms with E-state index in [1.165, 1.54) is 21.7 Å². The van der Waals surface area contributed by atoms with Crippen molar-refractivity contribution in [2.45, 2.75) is 52.5 Å². The van der Waals surface area contributed by atoms with Gasteiger partial charge in [0.1, 0.15) is 21.5 Å². The summed E-state index contributed by atoms with van der Waals surface area (Å²) >= 11 is 1.04. The van der Waals surface area contributed by atoms with E-state index >= 15 is 0 Å². The standard InChI is InChI=1S/C23H28FN5O3S/c1-3-5-9-13-28(18-19(25)29(12-6-4-2)23(32)27-20(18)30)22(31)17-14-26-21(33-17)15-10-7-8-11-16(15)24/h7-8,10-11,14H,3-6,9,12-13,25H2,1-2H3,(H,27,30,32). The predicted molar refractivity (Wildman–Crippen MR) is 129 cm³/mol. The third-order valence-electron chi connectivity index (χ3n) is 5.27. The molecule has 0 atom stereocenters. The molecule has 0 radical (unpaired) electrons. The number of aromatic nitrogens is 3. The molecule has 0 unspecified atom stereocenters. The molecule has 0 saturated heterocycles. The molecule has 0 fully saturated rings. The summed E-state index contributed by atoms with van der Waals surface area (Å²) in [4.78, 5) is 46.6. The number of nitrogens with one attached hydrogen (secondary N) is 1. The number of nitrogens with two attached hydrogens (primary N) is 1. The fraction of sp³-hybridized carbons (Fsp3) is 0.391. The van der Waals surface area contributed by atoms with Crippen molar-refractivity contribution in [3.05, 3.63) is 62.0 Å². The highest BCUT2D eigenvalue weighted by atomic mass is 32.1. The van der Waals surface area contributed by atoms with E-state index in [0.29, 0.717) is 30.0 Å². The molecule has 3 aromatic rings. The minimum Gasteiger partial charge on any atom is -0.383 e. The van der Waals surface area contributed by atoms with E-state index in [1.54, 1.807) is 18.2 Å². The molecule has 0 aliphatic rings. The number of thiazole rings is 1. The minimum atomic E-state index is -0.714. The van der Waals surface area contributed by atoms with Crippen LogP contribution in [0.1, 0.15) is 55.6 Å². The van der Waals surface area contributed by atoms with Gasteiger partial charge in [0.05, 0.1) is 6.20 Å². The van der Waals surface area contributed by atoms with Crippen LogP contribution in [-0.2, 0) is 6.54 Å². The molecule has 0 aliphatic heterocycles. The Morgan fingerprint density at radius 2 is 1.91 bits per heavy atom. The zero-order valence-electron chi connectivity index (χ0n) is 18.8. The maximum absolute atomic E-state index is 14.2. The number of amides is 1. The smallest absolute Gasteiger partial charge is 0.330 e. The van der Waals surface area contributed by atoms with Gasteiger partial charge in [-0.05, 0) is 25.0 Å². The fourth-order valence-corrected chi connectivity index (χ4v) is 4.37. The molecule has 3 N–H and O–H groups in total. The molecule has 0 aliphatic carbocycles. The number of halogens is 1. The molecule has 0 saturated carbocycles. The highest BCUT2D eigenvalue weighted by Crippen LogP contribution is 2.29. The number of H-pyrrole nitrogens is 1. The van der Waals surface area contributed by atoms with Gasteiger partial charge in [-0.3, -0.25) is 24.0 Å². The van der Waals surface area contributed by atoms with Crippen molar-refractivity contribution in [3.8, 4) is 10.6 Å². The first-order valence-corrected chi connectivity index (χ1v) is 11.9. The van der Waals surface area contributed by atoms with Gasteiger partial charge in [-0.1, -0.05) is 45.2 Å². The van der Waals surface area contributed by atoms with E-state index in [-0.39, 0.29) is 22.9 Å². The molecule has 2 heterocycles. The number of benzene rings is 1. The molecule has 1 aromatic carbocycles. The fourth-order valence-electron chi connectivity index (χ4n) is 3.48. The largest absolute Gasteiger partial charge is 0.383 e. The van der Waals surface area contributed by atoms with Crippen molar-refractivity contribution in [1.29, 1.82) is 0 Å². The number of hydrogen-bond donors (Lipinski definition) is 2. The van der Waals surface area contributed by atoms with E-state index in [4.69, 9.17) is 5.73 Å². The van der Waals surface area contributed by atoms with Crippen LogP contribution < -0.4 is 21.9 Å². The second-order valence-electron chi connectivity index (χ2n) is 7.67. The van der Waals surface area contributed by atoms with Gasteiger partial charge in [0.25, 0.3) is 11.5 Å². The first-order chi connectivity index (χ1) is 15.9. The van der Waals surface area contributed by atoms with Crippen LogP contribution in [0, 0.1) is 5.82 Å². The van der Waals surface area contributed by atoms with E-state index in [9.17, 15) is 18.8 Å². The number of carbonyl (C=O) groups is 1. The number of aromatic amines is 1. The van der Waals surface area contributed by atoms with Crippen molar-refractivity contribution in [2.24, 2.45) is 0 Å². The monoisotopic (exact) mass is 473 g/mol. The van der Waals surface area contributed by atoms with Crippen molar-refractivity contribution >= 4 is 28.7 Å². The summed E-state index contributed by atoms with van der Waals surface area (Å²) in [6.07, 6.45) is 5.31. The van der Waals surface area contributed by atoms with Crippen LogP contribution in [0.15, 0.2) is 40.1 Å². The lowest BCUT2D eigenvalue weighted by Crippen LogP contribution is -2.41. The lowest BCUT2D eigenvalue weighted by Gasteiger charge is -2.24. The van der Waals surface area contributed by atoms with Gasteiger partial charge < -0.3 is 5.73 Å². The minimum absolute atomic E-state index is 0.0408. The number of nitrogen functional groups attached to an aromatic ring is 1. The first-order valence-electron chi connectivity index (χ1n) is 11.0. The lowest BCUT2D eigenvalue weighted by atomic mass is 10.2. The van der Waals surface area contributed by atoms with E-state index < -0.39 is 23.0 Å². The molecular formula is C23H28FN5O3S. The van der Waals surface area contributed by atoms with Crippen molar-refractivity contribution in [2.75, 3.05) is 17.2 Å². The van der Waals surface area contributed by atoms with Gasteiger partial charge in [0.15, 0.2) is 5.69 Å². The quantitative estimate of drug-likeness (QED) is 0.432. The van der Waals surface area contributed by atoms with Crippen LogP contribution in [0.2, 0.25) is 0 Å². The molecule has 176 valence electrons. The van der Waals surface area contributed by atoms with Gasteiger partial charge in [-0.2, -0.15) is 0 Å². The third kappa shape index (κ3) is 5.39. The summed E-state index contributed by atoms with van der Waals surface area (Å²) in [6, 6.07) is 6.19. The Morgan fingerprint density at radius 3 is 2.61 bits per heavy atom. The van der Waals surface area contributed by atoms with Crippen LogP contribution in [-0.4, -0.2) is 27.0 Å². The molecule has 0 spiro atoms. The van der Waals surface area contributed by atoms with Crippen molar-refractivity contribution in [1.82, 2.24) is 14.5 Å². The third-order valence-corrected chi connectivity index (χ3v) is 6.29. The van der Waals surface area contributed by atoms with Gasteiger partial charge in [-0.15, -0.1) is 11.3 Å². The molecule has 8 nitrogen and oxygen atoms in total. The molecule has 1 amide bonds. The topological polar surface area (TPSA) is 114 Å². The Balaban J connectivity index is 2.04. The second-order valence-corrected chi connectivity index (χ2v) is 8.70. The van der Waals surface area contributed by atoms with Gasteiger partial charge in [-0.25, -0.2) is 14.2 Å². The molecule has 3 rings (SSSR count). The van der Waals surface area contributed by atoms with E-state index in [2.05, 4.69) is 9.97 Å². The first kappa shape index (κ1) is 24.4. The van der Waals surface area contributed by atoms with Crippen LogP contribution in [0.25, 0.3) is 10.6 Å². The maximum Gasteiger partial charge on any atom is 0.330 e. The van der Waals surface area contributed by atoms with Crippen molar-refractivity contribution in [3.63, 3.8) is 0 Å². The zero-order valence-corrected chi connectivity index (χ0v) is 19.6. The van der Waals surface area contributed by atoms with E-state index in [0.717, 1.165) is 30.6 Å². The summed E-state index contributed by atoms with van der Waals surface area (Å²) in [7, 11) is 0. The maximum atomic E-state index is 14.2. The number of hydrogen-bond acceptors (Lipinski definition) is 6. The van der Waals surface area contributed by atoms with Crippen LogP contribution in [0.3, 0.4) is 0 Å². The van der Waals surface area contributed by atoms with Crippen LogP contribution in [0.5, 0.6) is 0 Å². The van der Waals surface area contributed by atoms with Gasteiger partial charge in [0.2, 0.25) is 0 Å². The number of carbonyl (C=O) groups excluding carboxylic acids is 1. The Labute approximate surface area is 194 Å². The highest BCUT2D eigenvalue weighted by molar-refractivity contribution is 7.17. The Morgan fingerprint density at radius 1 is 1.18 bits per heavy atom. The summed E-state index contributed by atoms with van der Waals surface area (Å²) in [5.74, 6) is -0.945. The summed E-state index contributed by atoms with van der Waals surface area (Å²) < 4.78 is 15.5. The molecule has 0 bridgehead atoms.